The summed E-state index contributed by atoms with van der Waals surface area (Å²) in [5.41, 5.74) is 1.10. The quantitative estimate of drug-likeness (QED) is 0.447. The Morgan fingerprint density at radius 1 is 1.00 bits per heavy atom. The molecule has 0 amide bonds. The number of halogens is 3. The van der Waals surface area contributed by atoms with Crippen molar-refractivity contribution >= 4 is 27.2 Å². The predicted octanol–water partition coefficient (Wildman–Crippen LogP) is 5.20. The highest BCUT2D eigenvalue weighted by Crippen LogP contribution is 2.29. The van der Waals surface area contributed by atoms with Crippen LogP contribution in [0.4, 0.5) is 24.7 Å². The van der Waals surface area contributed by atoms with E-state index < -0.39 is 21.8 Å². The number of oxime groups is 1. The Hall–Kier alpha value is -3.44. The number of alkyl halides is 3. The predicted molar refractivity (Wildman–Crippen MR) is 126 cm³/mol. The van der Waals surface area contributed by atoms with E-state index in [9.17, 15) is 21.6 Å². The van der Waals surface area contributed by atoms with E-state index in [1.807, 2.05) is 30.3 Å². The van der Waals surface area contributed by atoms with Gasteiger partial charge in [-0.15, -0.1) is 0 Å². The highest BCUT2D eigenvalue weighted by molar-refractivity contribution is 7.89. The molecular weight excluding hydrogens is 481 g/mol. The molecule has 0 bridgehead atoms. The van der Waals surface area contributed by atoms with Crippen molar-refractivity contribution in [2.75, 3.05) is 18.4 Å². The lowest BCUT2D eigenvalue weighted by atomic mass is 10.1. The summed E-state index contributed by atoms with van der Waals surface area (Å²) in [4.78, 5) is 9.53. The molecular formula is C24H23F3N4O3S. The maximum absolute atomic E-state index is 13.0. The number of anilines is 2. The number of sulfonamides is 1. The number of nitrogens with one attached hydrogen (secondary N) is 1. The van der Waals surface area contributed by atoms with Gasteiger partial charge in [0.05, 0.1) is 11.3 Å². The minimum Gasteiger partial charge on any atom is -0.391 e. The molecule has 1 aliphatic rings. The van der Waals surface area contributed by atoms with Gasteiger partial charge in [0.15, 0.2) is 0 Å². The van der Waals surface area contributed by atoms with E-state index in [1.165, 1.54) is 28.7 Å². The van der Waals surface area contributed by atoms with Crippen molar-refractivity contribution in [3.8, 4) is 0 Å². The van der Waals surface area contributed by atoms with Gasteiger partial charge < -0.3 is 10.2 Å². The number of pyridine rings is 1. The standard InChI is InChI=1S/C24H23F3N4O3S/c25-24(26,27)19-6-4-5-18(15-19)17-34-30-21-11-13-31(14-12-21)35(32,33)22-9-10-23(28-16-22)29-20-7-2-1-3-8-20/h1-10,15-16H,11-14,17H2,(H,28,29). The highest BCUT2D eigenvalue weighted by atomic mass is 32.2. The average molecular weight is 505 g/mol. The molecule has 1 fully saturated rings. The highest BCUT2D eigenvalue weighted by Gasteiger charge is 2.30. The fourth-order valence-electron chi connectivity index (χ4n) is 3.54. The number of para-hydroxylation sites is 1. The number of hydrogen-bond acceptors (Lipinski definition) is 6. The number of nitrogens with zero attached hydrogens (tertiary/aromatic N) is 3. The molecule has 0 atom stereocenters. The van der Waals surface area contributed by atoms with Gasteiger partial charge >= 0.3 is 6.18 Å². The summed E-state index contributed by atoms with van der Waals surface area (Å²) in [6.07, 6.45) is -2.37. The smallest absolute Gasteiger partial charge is 0.391 e. The summed E-state index contributed by atoms with van der Waals surface area (Å²) in [5.74, 6) is 0.529. The summed E-state index contributed by atoms with van der Waals surface area (Å²) in [5, 5.41) is 7.11. The Kier molecular flexibility index (Phi) is 7.37. The second kappa shape index (κ2) is 10.4. The molecule has 1 aliphatic heterocycles. The zero-order chi connectivity index (χ0) is 24.9. The number of aromatic nitrogens is 1. The fraction of sp³-hybridized carbons (Fsp3) is 0.250. The molecule has 0 radical (unpaired) electrons. The van der Waals surface area contributed by atoms with Crippen molar-refractivity contribution in [2.24, 2.45) is 5.16 Å². The molecule has 11 heteroatoms. The van der Waals surface area contributed by atoms with Crippen LogP contribution in [-0.4, -0.2) is 36.5 Å². The molecule has 35 heavy (non-hydrogen) atoms. The van der Waals surface area contributed by atoms with E-state index >= 15 is 0 Å². The topological polar surface area (TPSA) is 83.9 Å². The van der Waals surface area contributed by atoms with E-state index in [0.717, 1.165) is 17.8 Å². The van der Waals surface area contributed by atoms with Crippen molar-refractivity contribution < 1.29 is 26.4 Å². The first kappa shape index (κ1) is 24.7. The lowest BCUT2D eigenvalue weighted by Gasteiger charge is -2.26. The van der Waals surface area contributed by atoms with Gasteiger partial charge in [0, 0.05) is 37.8 Å². The molecule has 0 unspecified atom stereocenters. The van der Waals surface area contributed by atoms with Crippen molar-refractivity contribution in [2.45, 2.75) is 30.5 Å². The largest absolute Gasteiger partial charge is 0.416 e. The number of piperidine rings is 1. The molecule has 1 aromatic heterocycles. The van der Waals surface area contributed by atoms with Gasteiger partial charge in [0.25, 0.3) is 0 Å². The van der Waals surface area contributed by atoms with Crippen LogP contribution in [0.25, 0.3) is 0 Å². The van der Waals surface area contributed by atoms with E-state index in [1.54, 1.807) is 6.07 Å². The Labute approximate surface area is 201 Å². The maximum Gasteiger partial charge on any atom is 0.416 e. The minimum atomic E-state index is -4.42. The van der Waals surface area contributed by atoms with Crippen LogP contribution in [0.1, 0.15) is 24.0 Å². The van der Waals surface area contributed by atoms with Crippen LogP contribution >= 0.6 is 0 Å². The van der Waals surface area contributed by atoms with Crippen molar-refractivity contribution in [1.82, 2.24) is 9.29 Å². The second-order valence-corrected chi connectivity index (χ2v) is 9.84. The summed E-state index contributed by atoms with van der Waals surface area (Å²) in [7, 11) is -3.72. The molecule has 0 spiro atoms. The van der Waals surface area contributed by atoms with Crippen LogP contribution < -0.4 is 5.32 Å². The third kappa shape index (κ3) is 6.37. The Balaban J connectivity index is 1.31. The van der Waals surface area contributed by atoms with Crippen LogP contribution in [-0.2, 0) is 27.6 Å². The molecule has 1 N–H and O–H groups in total. The molecule has 2 aromatic carbocycles. The average Bonchev–Trinajstić information content (AvgIpc) is 2.85. The number of rotatable bonds is 7. The van der Waals surface area contributed by atoms with E-state index in [0.29, 0.717) is 29.9 Å². The normalized spacial score (nSPS) is 15.0. The van der Waals surface area contributed by atoms with Crippen LogP contribution in [0, 0.1) is 0 Å². The maximum atomic E-state index is 13.0. The molecule has 184 valence electrons. The van der Waals surface area contributed by atoms with Gasteiger partial charge in [-0.25, -0.2) is 13.4 Å². The third-order valence-corrected chi connectivity index (χ3v) is 7.28. The molecule has 2 heterocycles. The molecule has 0 saturated carbocycles. The Bertz CT molecular complexity index is 1270. The number of hydrogen-bond donors (Lipinski definition) is 1. The Morgan fingerprint density at radius 3 is 2.40 bits per heavy atom. The van der Waals surface area contributed by atoms with Gasteiger partial charge in [0.1, 0.15) is 17.3 Å². The van der Waals surface area contributed by atoms with Gasteiger partial charge in [-0.05, 0) is 42.0 Å². The first-order valence-electron chi connectivity index (χ1n) is 10.8. The monoisotopic (exact) mass is 504 g/mol. The number of benzene rings is 2. The van der Waals surface area contributed by atoms with Gasteiger partial charge in [-0.3, -0.25) is 0 Å². The van der Waals surface area contributed by atoms with E-state index in [2.05, 4.69) is 15.5 Å². The van der Waals surface area contributed by atoms with Crippen molar-refractivity contribution in [1.29, 1.82) is 0 Å². The van der Waals surface area contributed by atoms with Gasteiger partial charge in [-0.2, -0.15) is 17.5 Å². The summed E-state index contributed by atoms with van der Waals surface area (Å²) in [6.45, 7) is 0.334. The summed E-state index contributed by atoms with van der Waals surface area (Å²) < 4.78 is 65.8. The van der Waals surface area contributed by atoms with Gasteiger partial charge in [-0.1, -0.05) is 35.5 Å². The molecule has 1 saturated heterocycles. The zero-order valence-electron chi connectivity index (χ0n) is 18.6. The lowest BCUT2D eigenvalue weighted by Crippen LogP contribution is -2.38. The van der Waals surface area contributed by atoms with Crippen LogP contribution in [0.5, 0.6) is 0 Å². The Morgan fingerprint density at radius 2 is 1.74 bits per heavy atom. The minimum absolute atomic E-state index is 0.0947. The lowest BCUT2D eigenvalue weighted by molar-refractivity contribution is -0.137. The molecule has 7 nitrogen and oxygen atoms in total. The third-order valence-electron chi connectivity index (χ3n) is 5.40. The molecule has 3 aromatic rings. The second-order valence-electron chi connectivity index (χ2n) is 7.90. The molecule has 4 rings (SSSR count). The summed E-state index contributed by atoms with van der Waals surface area (Å²) in [6, 6.07) is 17.4. The summed E-state index contributed by atoms with van der Waals surface area (Å²) >= 11 is 0. The fourth-order valence-corrected chi connectivity index (χ4v) is 4.92. The van der Waals surface area contributed by atoms with Crippen LogP contribution in [0.2, 0.25) is 0 Å². The van der Waals surface area contributed by atoms with Crippen LogP contribution in [0.15, 0.2) is 83.0 Å². The first-order chi connectivity index (χ1) is 16.7. The van der Waals surface area contributed by atoms with E-state index in [-0.39, 0.29) is 24.6 Å². The molecule has 0 aliphatic carbocycles. The van der Waals surface area contributed by atoms with Crippen molar-refractivity contribution in [3.05, 3.63) is 84.1 Å². The SMILES string of the molecule is O=S(=O)(c1ccc(Nc2ccccc2)nc1)N1CCC(=NOCc2cccc(C(F)(F)F)c2)CC1. The first-order valence-corrected chi connectivity index (χ1v) is 12.3. The van der Waals surface area contributed by atoms with E-state index in [4.69, 9.17) is 4.84 Å². The van der Waals surface area contributed by atoms with Crippen molar-refractivity contribution in [3.63, 3.8) is 0 Å². The van der Waals surface area contributed by atoms with Crippen LogP contribution in [0.3, 0.4) is 0 Å². The zero-order valence-corrected chi connectivity index (χ0v) is 19.4. The van der Waals surface area contributed by atoms with Gasteiger partial charge in [0.2, 0.25) is 10.0 Å².